The zero-order valence-corrected chi connectivity index (χ0v) is 21.3. The smallest absolute Gasteiger partial charge is 0.261 e. The third-order valence-corrected chi connectivity index (χ3v) is 7.72. The molecule has 7 nitrogen and oxygen atoms in total. The number of aryl methyl sites for hydroxylation is 1. The molecule has 0 saturated heterocycles. The molecule has 174 valence electrons. The summed E-state index contributed by atoms with van der Waals surface area (Å²) in [6.45, 7) is 11.6. The van der Waals surface area contributed by atoms with Crippen molar-refractivity contribution in [3.63, 3.8) is 0 Å². The second kappa shape index (κ2) is 10.3. The molecule has 4 rings (SSSR count). The number of allylic oxidation sites excluding steroid dienone is 1. The van der Waals surface area contributed by atoms with Crippen LogP contribution in [0.2, 0.25) is 0 Å². The number of aliphatic imine (C=N–C) groups is 2. The summed E-state index contributed by atoms with van der Waals surface area (Å²) in [5, 5.41) is 10.4. The molecule has 1 amide bonds. The Bertz CT molecular complexity index is 1130. The third kappa shape index (κ3) is 5.41. The standard InChI is InChI=1S/C24H29N5O2S2/c1-6-17-7-9-18(10-8-17)31-12-20-27-28-24(29(20)11-14(2)3)32-13-19-25-22(30)21-15(4)16(5)33-23(21)26-19/h7-10,14,21H,6,11-13H2,1-5H3. The van der Waals surface area contributed by atoms with Crippen LogP contribution in [-0.4, -0.2) is 37.3 Å². The van der Waals surface area contributed by atoms with E-state index in [1.807, 2.05) is 26.0 Å². The average molecular weight is 484 g/mol. The average Bonchev–Trinajstić information content (AvgIpc) is 3.30. The Morgan fingerprint density at radius 2 is 1.91 bits per heavy atom. The topological polar surface area (TPSA) is 81.7 Å². The number of amidine groups is 1. The van der Waals surface area contributed by atoms with E-state index in [0.717, 1.165) is 45.2 Å². The number of thioether (sulfide) groups is 2. The fraction of sp³-hybridized carbons (Fsp3) is 0.458. The highest BCUT2D eigenvalue weighted by molar-refractivity contribution is 8.17. The molecule has 0 saturated carbocycles. The number of nitrogens with zero attached hydrogens (tertiary/aromatic N) is 5. The highest BCUT2D eigenvalue weighted by atomic mass is 32.2. The van der Waals surface area contributed by atoms with Gasteiger partial charge in [-0.1, -0.05) is 56.4 Å². The van der Waals surface area contributed by atoms with Crippen LogP contribution in [0.15, 0.2) is 49.9 Å². The van der Waals surface area contributed by atoms with Crippen molar-refractivity contribution in [2.75, 3.05) is 5.75 Å². The minimum absolute atomic E-state index is 0.121. The maximum absolute atomic E-state index is 12.6. The molecule has 1 atom stereocenters. The highest BCUT2D eigenvalue weighted by Gasteiger charge is 2.36. The first-order valence-electron chi connectivity index (χ1n) is 11.2. The van der Waals surface area contributed by atoms with Crippen molar-refractivity contribution in [1.29, 1.82) is 0 Å². The van der Waals surface area contributed by atoms with Gasteiger partial charge in [-0.3, -0.25) is 4.79 Å². The summed E-state index contributed by atoms with van der Waals surface area (Å²) in [5.74, 6) is 2.61. The molecule has 0 radical (unpaired) electrons. The molecular weight excluding hydrogens is 454 g/mol. The summed E-state index contributed by atoms with van der Waals surface area (Å²) < 4.78 is 8.07. The van der Waals surface area contributed by atoms with Gasteiger partial charge in [-0.25, -0.2) is 4.99 Å². The van der Waals surface area contributed by atoms with Crippen LogP contribution < -0.4 is 4.74 Å². The van der Waals surface area contributed by atoms with Gasteiger partial charge in [0.25, 0.3) is 5.91 Å². The molecule has 0 aliphatic carbocycles. The van der Waals surface area contributed by atoms with E-state index in [0.29, 0.717) is 24.1 Å². The maximum atomic E-state index is 12.6. The van der Waals surface area contributed by atoms with Crippen molar-refractivity contribution in [3.05, 3.63) is 46.1 Å². The fourth-order valence-electron chi connectivity index (χ4n) is 3.65. The van der Waals surface area contributed by atoms with Gasteiger partial charge < -0.3 is 9.30 Å². The van der Waals surface area contributed by atoms with Crippen LogP contribution in [0.1, 0.15) is 46.0 Å². The Hall–Kier alpha value is -2.39. The normalized spacial score (nSPS) is 18.0. The first-order valence-corrected chi connectivity index (χ1v) is 13.0. The Morgan fingerprint density at radius 3 is 2.61 bits per heavy atom. The molecule has 1 aromatic heterocycles. The lowest BCUT2D eigenvalue weighted by Gasteiger charge is -2.15. The monoisotopic (exact) mass is 483 g/mol. The summed E-state index contributed by atoms with van der Waals surface area (Å²) in [4.78, 5) is 22.6. The van der Waals surface area contributed by atoms with Crippen LogP contribution in [0, 0.1) is 11.8 Å². The number of fused-ring (bicyclic) bond motifs is 1. The van der Waals surface area contributed by atoms with Crippen LogP contribution in [0.4, 0.5) is 0 Å². The Balaban J connectivity index is 1.44. The molecule has 0 spiro atoms. The van der Waals surface area contributed by atoms with Gasteiger partial charge in [-0.15, -0.1) is 10.2 Å². The number of ether oxygens (including phenoxy) is 1. The van der Waals surface area contributed by atoms with E-state index in [1.54, 1.807) is 11.8 Å². The molecule has 1 unspecified atom stereocenters. The van der Waals surface area contributed by atoms with Crippen LogP contribution >= 0.6 is 23.5 Å². The van der Waals surface area contributed by atoms with E-state index < -0.39 is 0 Å². The number of amides is 1. The van der Waals surface area contributed by atoms with Crippen LogP contribution in [0.25, 0.3) is 0 Å². The molecule has 9 heteroatoms. The van der Waals surface area contributed by atoms with E-state index in [2.05, 4.69) is 57.7 Å². The SMILES string of the molecule is CCc1ccc(OCc2nnc(SCC3=NC(=O)C4C(=N3)SC(C)=C4C)n2CC(C)C)cc1. The second-order valence-electron chi connectivity index (χ2n) is 8.57. The van der Waals surface area contributed by atoms with Gasteiger partial charge >= 0.3 is 0 Å². The van der Waals surface area contributed by atoms with Gasteiger partial charge in [0.15, 0.2) is 11.0 Å². The van der Waals surface area contributed by atoms with E-state index >= 15 is 0 Å². The van der Waals surface area contributed by atoms with Crippen LogP contribution in [0.5, 0.6) is 5.75 Å². The number of hydrogen-bond acceptors (Lipinski definition) is 7. The van der Waals surface area contributed by atoms with Crippen LogP contribution in [-0.2, 0) is 24.4 Å². The third-order valence-electron chi connectivity index (χ3n) is 5.59. The molecule has 2 aliphatic rings. The first-order chi connectivity index (χ1) is 15.9. The van der Waals surface area contributed by atoms with Gasteiger partial charge in [0, 0.05) is 6.54 Å². The van der Waals surface area contributed by atoms with Crippen molar-refractivity contribution in [1.82, 2.24) is 14.8 Å². The molecule has 1 aromatic carbocycles. The molecule has 3 heterocycles. The van der Waals surface area contributed by atoms with Crippen molar-refractivity contribution in [2.45, 2.75) is 59.3 Å². The zero-order chi connectivity index (χ0) is 23.5. The van der Waals surface area contributed by atoms with Gasteiger partial charge in [0.05, 0.1) is 10.8 Å². The quantitative estimate of drug-likeness (QED) is 0.458. The predicted molar refractivity (Wildman–Crippen MR) is 135 cm³/mol. The largest absolute Gasteiger partial charge is 0.486 e. The minimum Gasteiger partial charge on any atom is -0.486 e. The molecule has 0 N–H and O–H groups in total. The van der Waals surface area contributed by atoms with Gasteiger partial charge in [-0.05, 0) is 54.4 Å². The molecular formula is C24H29N5O2S2. The molecule has 2 aromatic rings. The lowest BCUT2D eigenvalue weighted by Crippen LogP contribution is -2.25. The number of rotatable bonds is 9. The van der Waals surface area contributed by atoms with Crippen molar-refractivity contribution in [2.24, 2.45) is 21.8 Å². The predicted octanol–water partition coefficient (Wildman–Crippen LogP) is 5.16. The molecule has 33 heavy (non-hydrogen) atoms. The molecule has 0 bridgehead atoms. The lowest BCUT2D eigenvalue weighted by molar-refractivity contribution is -0.118. The lowest BCUT2D eigenvalue weighted by atomic mass is 10.0. The highest BCUT2D eigenvalue weighted by Crippen LogP contribution is 2.40. The Morgan fingerprint density at radius 1 is 1.15 bits per heavy atom. The summed E-state index contributed by atoms with van der Waals surface area (Å²) in [5.41, 5.74) is 2.34. The second-order valence-corrected chi connectivity index (χ2v) is 10.7. The van der Waals surface area contributed by atoms with Gasteiger partial charge in [-0.2, -0.15) is 4.99 Å². The van der Waals surface area contributed by atoms with E-state index in [-0.39, 0.29) is 11.8 Å². The summed E-state index contributed by atoms with van der Waals surface area (Å²) >= 11 is 3.08. The minimum atomic E-state index is -0.288. The zero-order valence-electron chi connectivity index (χ0n) is 19.7. The van der Waals surface area contributed by atoms with Crippen LogP contribution in [0.3, 0.4) is 0 Å². The molecule has 0 fully saturated rings. The van der Waals surface area contributed by atoms with Crippen molar-refractivity contribution >= 4 is 40.3 Å². The first kappa shape index (κ1) is 23.8. The number of benzene rings is 1. The molecule has 2 aliphatic heterocycles. The van der Waals surface area contributed by atoms with Gasteiger partial charge in [0.2, 0.25) is 0 Å². The number of aromatic nitrogens is 3. The summed E-state index contributed by atoms with van der Waals surface area (Å²) in [7, 11) is 0. The number of hydrogen-bond donors (Lipinski definition) is 0. The van der Waals surface area contributed by atoms with E-state index in [4.69, 9.17) is 4.74 Å². The van der Waals surface area contributed by atoms with Gasteiger partial charge in [0.1, 0.15) is 24.1 Å². The Kier molecular flexibility index (Phi) is 7.38. The van der Waals surface area contributed by atoms with Crippen molar-refractivity contribution in [3.8, 4) is 5.75 Å². The summed E-state index contributed by atoms with van der Waals surface area (Å²) in [6, 6.07) is 8.13. The number of carbonyl (C=O) groups excluding carboxylic acids is 1. The summed E-state index contributed by atoms with van der Waals surface area (Å²) in [6.07, 6.45) is 1.00. The van der Waals surface area contributed by atoms with E-state index in [9.17, 15) is 4.79 Å². The van der Waals surface area contributed by atoms with E-state index in [1.165, 1.54) is 17.3 Å². The van der Waals surface area contributed by atoms with Crippen molar-refractivity contribution < 1.29 is 9.53 Å². The number of carbonyl (C=O) groups is 1. The maximum Gasteiger partial charge on any atom is 0.261 e. The fourth-order valence-corrected chi connectivity index (χ4v) is 5.61. The Labute approximate surface area is 203 Å².